The molecule has 1 aliphatic rings. The topological polar surface area (TPSA) is 12.0 Å². The molecule has 1 aromatic carbocycles. The first-order chi connectivity index (χ1) is 6.27. The van der Waals surface area contributed by atoms with Crippen molar-refractivity contribution in [3.63, 3.8) is 0 Å². The molecule has 1 nitrogen and oxygen atoms in total. The molecule has 1 aliphatic heterocycles. The molecule has 1 unspecified atom stereocenters. The molecule has 0 aliphatic carbocycles. The molecule has 2 rings (SSSR count). The van der Waals surface area contributed by atoms with Crippen LogP contribution in [-0.2, 0) is 0 Å². The molecule has 0 amide bonds. The van der Waals surface area contributed by atoms with E-state index < -0.39 is 0 Å². The zero-order chi connectivity index (χ0) is 9.26. The molecule has 1 N–H and O–H groups in total. The van der Waals surface area contributed by atoms with Gasteiger partial charge in [0.15, 0.2) is 0 Å². The number of benzene rings is 1. The Morgan fingerprint density at radius 2 is 2.07 bits per heavy atom. The molecule has 0 saturated carbocycles. The van der Waals surface area contributed by atoms with E-state index in [4.69, 9.17) is 0 Å². The SMILES string of the molecule is Brc1ccc(Br)c(C2CCNC2)c1.Cl. The molecule has 14 heavy (non-hydrogen) atoms. The van der Waals surface area contributed by atoms with Crippen molar-refractivity contribution in [1.29, 1.82) is 0 Å². The summed E-state index contributed by atoms with van der Waals surface area (Å²) in [6.07, 6.45) is 1.25. The molecular weight excluding hydrogens is 329 g/mol. The predicted molar refractivity (Wildman–Crippen MR) is 69.3 cm³/mol. The number of nitrogens with one attached hydrogen (secondary N) is 1. The lowest BCUT2D eigenvalue weighted by molar-refractivity contribution is 0.759. The fourth-order valence-electron chi connectivity index (χ4n) is 1.75. The number of rotatable bonds is 1. The third-order valence-electron chi connectivity index (χ3n) is 2.46. The van der Waals surface area contributed by atoms with Gasteiger partial charge in [-0.05, 0) is 42.6 Å². The Balaban J connectivity index is 0.000000980. The molecule has 78 valence electrons. The summed E-state index contributed by atoms with van der Waals surface area (Å²) in [6.45, 7) is 2.25. The second-order valence-corrected chi connectivity index (χ2v) is 5.13. The summed E-state index contributed by atoms with van der Waals surface area (Å²) in [7, 11) is 0. The Bertz CT molecular complexity index is 311. The standard InChI is InChI=1S/C10H11Br2N.ClH/c11-8-1-2-10(12)9(5-8)7-3-4-13-6-7;/h1-2,5,7,13H,3-4,6H2;1H. The number of hydrogen-bond acceptors (Lipinski definition) is 1. The van der Waals surface area contributed by atoms with E-state index in [-0.39, 0.29) is 12.4 Å². The van der Waals surface area contributed by atoms with Crippen LogP contribution in [0.2, 0.25) is 0 Å². The Hall–Kier alpha value is 0.430. The number of halogens is 3. The monoisotopic (exact) mass is 339 g/mol. The summed E-state index contributed by atoms with van der Waals surface area (Å²) >= 11 is 7.09. The van der Waals surface area contributed by atoms with Crippen LogP contribution >= 0.6 is 44.3 Å². The van der Waals surface area contributed by atoms with Crippen molar-refractivity contribution in [2.75, 3.05) is 13.1 Å². The highest BCUT2D eigenvalue weighted by Gasteiger charge is 2.18. The van der Waals surface area contributed by atoms with Crippen LogP contribution in [0.15, 0.2) is 27.1 Å². The lowest BCUT2D eigenvalue weighted by atomic mass is 9.99. The minimum Gasteiger partial charge on any atom is -0.316 e. The van der Waals surface area contributed by atoms with E-state index in [0.717, 1.165) is 17.6 Å². The first-order valence-corrected chi connectivity index (χ1v) is 6.01. The Morgan fingerprint density at radius 1 is 1.29 bits per heavy atom. The third-order valence-corrected chi connectivity index (χ3v) is 3.67. The fraction of sp³-hybridized carbons (Fsp3) is 0.400. The molecule has 0 spiro atoms. The van der Waals surface area contributed by atoms with Crippen molar-refractivity contribution < 1.29 is 0 Å². The molecule has 1 aromatic rings. The zero-order valence-electron chi connectivity index (χ0n) is 7.59. The highest BCUT2D eigenvalue weighted by atomic mass is 79.9. The van der Waals surface area contributed by atoms with Crippen LogP contribution in [0.4, 0.5) is 0 Å². The van der Waals surface area contributed by atoms with E-state index in [1.807, 2.05) is 0 Å². The van der Waals surface area contributed by atoms with Crippen LogP contribution in [0.1, 0.15) is 17.9 Å². The van der Waals surface area contributed by atoms with Crippen LogP contribution in [0.5, 0.6) is 0 Å². The molecule has 4 heteroatoms. The van der Waals surface area contributed by atoms with Gasteiger partial charge in [-0.3, -0.25) is 0 Å². The summed E-state index contributed by atoms with van der Waals surface area (Å²) in [5.74, 6) is 0.673. The average molecular weight is 341 g/mol. The number of hydrogen-bond donors (Lipinski definition) is 1. The molecule has 1 fully saturated rings. The van der Waals surface area contributed by atoms with E-state index in [1.165, 1.54) is 16.5 Å². The summed E-state index contributed by atoms with van der Waals surface area (Å²) in [5.41, 5.74) is 1.42. The van der Waals surface area contributed by atoms with Crippen LogP contribution in [0.3, 0.4) is 0 Å². The van der Waals surface area contributed by atoms with Crippen LogP contribution < -0.4 is 5.32 Å². The fourth-order valence-corrected chi connectivity index (χ4v) is 2.70. The van der Waals surface area contributed by atoms with Gasteiger partial charge in [-0.25, -0.2) is 0 Å². The maximum atomic E-state index is 3.59. The van der Waals surface area contributed by atoms with E-state index >= 15 is 0 Å². The van der Waals surface area contributed by atoms with Gasteiger partial charge in [0.05, 0.1) is 0 Å². The summed E-state index contributed by atoms with van der Waals surface area (Å²) in [6, 6.07) is 6.38. The molecule has 0 aromatic heterocycles. The van der Waals surface area contributed by atoms with Crippen molar-refractivity contribution in [2.45, 2.75) is 12.3 Å². The van der Waals surface area contributed by atoms with E-state index in [1.54, 1.807) is 0 Å². The lowest BCUT2D eigenvalue weighted by Crippen LogP contribution is -2.08. The molecule has 0 radical (unpaired) electrons. The van der Waals surface area contributed by atoms with Gasteiger partial charge in [0, 0.05) is 15.5 Å². The van der Waals surface area contributed by atoms with E-state index in [0.29, 0.717) is 5.92 Å². The Labute approximate surface area is 107 Å². The Kier molecular flexibility index (Phi) is 4.91. The predicted octanol–water partition coefficient (Wildman–Crippen LogP) is 3.71. The van der Waals surface area contributed by atoms with Gasteiger partial charge in [0.25, 0.3) is 0 Å². The molecule has 0 bridgehead atoms. The van der Waals surface area contributed by atoms with Crippen molar-refractivity contribution in [3.05, 3.63) is 32.7 Å². The van der Waals surface area contributed by atoms with Gasteiger partial charge in [-0.2, -0.15) is 0 Å². The maximum absolute atomic E-state index is 3.59. The van der Waals surface area contributed by atoms with Gasteiger partial charge in [0.2, 0.25) is 0 Å². The van der Waals surface area contributed by atoms with E-state index in [9.17, 15) is 0 Å². The maximum Gasteiger partial charge on any atom is 0.0211 e. The van der Waals surface area contributed by atoms with Crippen LogP contribution in [0, 0.1) is 0 Å². The molecule has 1 saturated heterocycles. The largest absolute Gasteiger partial charge is 0.316 e. The first kappa shape index (κ1) is 12.5. The summed E-state index contributed by atoms with van der Waals surface area (Å²) < 4.78 is 2.39. The minimum atomic E-state index is 0. The summed E-state index contributed by atoms with van der Waals surface area (Å²) in [5, 5.41) is 3.38. The first-order valence-electron chi connectivity index (χ1n) is 4.43. The van der Waals surface area contributed by atoms with Gasteiger partial charge in [-0.15, -0.1) is 12.4 Å². The van der Waals surface area contributed by atoms with Crippen molar-refractivity contribution in [3.8, 4) is 0 Å². The minimum absolute atomic E-state index is 0. The quantitative estimate of drug-likeness (QED) is 0.821. The van der Waals surface area contributed by atoms with Crippen molar-refractivity contribution in [1.82, 2.24) is 5.32 Å². The average Bonchev–Trinajstić information content (AvgIpc) is 2.61. The van der Waals surface area contributed by atoms with Crippen LogP contribution in [0.25, 0.3) is 0 Å². The zero-order valence-corrected chi connectivity index (χ0v) is 11.6. The summed E-state index contributed by atoms with van der Waals surface area (Å²) in [4.78, 5) is 0. The van der Waals surface area contributed by atoms with Gasteiger partial charge in [0.1, 0.15) is 0 Å². The molecule has 1 heterocycles. The third kappa shape index (κ3) is 2.72. The molecule has 1 atom stereocenters. The lowest BCUT2D eigenvalue weighted by Gasteiger charge is -2.11. The smallest absolute Gasteiger partial charge is 0.0211 e. The Morgan fingerprint density at radius 3 is 2.71 bits per heavy atom. The highest BCUT2D eigenvalue weighted by Crippen LogP contribution is 2.31. The van der Waals surface area contributed by atoms with Crippen LogP contribution in [-0.4, -0.2) is 13.1 Å². The second kappa shape index (κ2) is 5.50. The highest BCUT2D eigenvalue weighted by molar-refractivity contribution is 9.11. The van der Waals surface area contributed by atoms with Crippen molar-refractivity contribution >= 4 is 44.3 Å². The normalized spacial score (nSPS) is 20.6. The van der Waals surface area contributed by atoms with Gasteiger partial charge < -0.3 is 5.32 Å². The second-order valence-electron chi connectivity index (χ2n) is 3.36. The van der Waals surface area contributed by atoms with E-state index in [2.05, 4.69) is 55.4 Å². The van der Waals surface area contributed by atoms with Gasteiger partial charge >= 0.3 is 0 Å². The van der Waals surface area contributed by atoms with Crippen molar-refractivity contribution in [2.24, 2.45) is 0 Å². The molecular formula is C10H12Br2ClN. The van der Waals surface area contributed by atoms with Gasteiger partial charge in [-0.1, -0.05) is 31.9 Å².